The molecule has 5 heteroatoms. The predicted molar refractivity (Wildman–Crippen MR) is 72.1 cm³/mol. The number of aliphatic imine (C=N–C) groups is 1. The lowest BCUT2D eigenvalue weighted by atomic mass is 9.71. The van der Waals surface area contributed by atoms with Crippen LogP contribution in [-0.4, -0.2) is 27.9 Å². The number of allylic oxidation sites excluding steroid dienone is 1. The summed E-state index contributed by atoms with van der Waals surface area (Å²) in [5, 5.41) is 18.7. The highest BCUT2D eigenvalue weighted by Gasteiger charge is 2.41. The minimum Gasteiger partial charge on any atom is -0.481 e. The Morgan fingerprint density at radius 3 is 2.11 bits per heavy atom. The summed E-state index contributed by atoms with van der Waals surface area (Å²) in [6.45, 7) is 9.20. The molecule has 0 aromatic heterocycles. The van der Waals surface area contributed by atoms with Crippen LogP contribution in [0.25, 0.3) is 0 Å². The van der Waals surface area contributed by atoms with Gasteiger partial charge in [0.2, 0.25) is 0 Å². The minimum absolute atomic E-state index is 0.132. The van der Waals surface area contributed by atoms with E-state index in [1.807, 2.05) is 20.8 Å². The summed E-state index contributed by atoms with van der Waals surface area (Å²) in [7, 11) is 0. The van der Waals surface area contributed by atoms with Crippen LogP contribution in [0.3, 0.4) is 0 Å². The maximum atomic E-state index is 11.4. The highest BCUT2D eigenvalue weighted by atomic mass is 16.4. The van der Waals surface area contributed by atoms with Crippen LogP contribution in [-0.2, 0) is 9.59 Å². The molecule has 5 nitrogen and oxygen atoms in total. The largest absolute Gasteiger partial charge is 0.481 e. The molecule has 0 aromatic rings. The Bertz CT molecular complexity index is 468. The molecule has 19 heavy (non-hydrogen) atoms. The highest BCUT2D eigenvalue weighted by Crippen LogP contribution is 2.39. The van der Waals surface area contributed by atoms with Crippen molar-refractivity contribution in [3.63, 3.8) is 0 Å². The van der Waals surface area contributed by atoms with Crippen molar-refractivity contribution >= 4 is 17.7 Å². The SMILES string of the molecule is CC1=NC(C)=C(C(=O)O)C(CC(C)(C)C)C1C(=O)O. The Morgan fingerprint density at radius 1 is 1.21 bits per heavy atom. The van der Waals surface area contributed by atoms with Crippen LogP contribution in [0.2, 0.25) is 0 Å². The lowest BCUT2D eigenvalue weighted by molar-refractivity contribution is -0.141. The zero-order chi connectivity index (χ0) is 15.0. The molecule has 2 unspecified atom stereocenters. The van der Waals surface area contributed by atoms with Gasteiger partial charge >= 0.3 is 11.9 Å². The van der Waals surface area contributed by atoms with Crippen molar-refractivity contribution in [3.8, 4) is 0 Å². The predicted octanol–water partition coefficient (Wildman–Crippen LogP) is 2.57. The number of hydrogen-bond acceptors (Lipinski definition) is 3. The van der Waals surface area contributed by atoms with Crippen molar-refractivity contribution < 1.29 is 19.8 Å². The van der Waals surface area contributed by atoms with Gasteiger partial charge in [-0.25, -0.2) is 4.79 Å². The van der Waals surface area contributed by atoms with Crippen LogP contribution < -0.4 is 0 Å². The van der Waals surface area contributed by atoms with Gasteiger partial charge in [0.1, 0.15) is 5.92 Å². The second-order valence-corrected chi connectivity index (χ2v) is 6.24. The molecule has 0 radical (unpaired) electrons. The molecule has 0 saturated carbocycles. The van der Waals surface area contributed by atoms with Crippen LogP contribution >= 0.6 is 0 Å². The van der Waals surface area contributed by atoms with E-state index in [9.17, 15) is 19.8 Å². The molecule has 0 aliphatic carbocycles. The van der Waals surface area contributed by atoms with Crippen LogP contribution in [0.5, 0.6) is 0 Å². The number of hydrogen-bond donors (Lipinski definition) is 2. The molecular formula is C14H21NO4. The number of nitrogens with zero attached hydrogens (tertiary/aromatic N) is 1. The van der Waals surface area contributed by atoms with Crippen molar-refractivity contribution in [1.82, 2.24) is 0 Å². The molecule has 1 rings (SSSR count). The molecule has 0 amide bonds. The molecule has 0 saturated heterocycles. The molecule has 0 fully saturated rings. The van der Waals surface area contributed by atoms with Gasteiger partial charge in [-0.3, -0.25) is 9.79 Å². The van der Waals surface area contributed by atoms with Crippen molar-refractivity contribution in [2.75, 3.05) is 0 Å². The lowest BCUT2D eigenvalue weighted by Crippen LogP contribution is -2.38. The van der Waals surface area contributed by atoms with Gasteiger partial charge in [0.25, 0.3) is 0 Å². The van der Waals surface area contributed by atoms with Crippen LogP contribution in [0, 0.1) is 17.3 Å². The van der Waals surface area contributed by atoms with Gasteiger partial charge in [-0.05, 0) is 25.7 Å². The molecular weight excluding hydrogens is 246 g/mol. The lowest BCUT2D eigenvalue weighted by Gasteiger charge is -2.33. The van der Waals surface area contributed by atoms with Crippen LogP contribution in [0.15, 0.2) is 16.3 Å². The summed E-state index contributed by atoms with van der Waals surface area (Å²) in [4.78, 5) is 27.0. The summed E-state index contributed by atoms with van der Waals surface area (Å²) in [5.41, 5.74) is 0.866. The third kappa shape index (κ3) is 3.43. The van der Waals surface area contributed by atoms with E-state index in [0.29, 0.717) is 17.8 Å². The Morgan fingerprint density at radius 2 is 1.74 bits per heavy atom. The molecule has 0 bridgehead atoms. The first-order valence-corrected chi connectivity index (χ1v) is 6.26. The number of aliphatic carboxylic acids is 2. The third-order valence-corrected chi connectivity index (χ3v) is 3.29. The van der Waals surface area contributed by atoms with Gasteiger partial charge in [0.15, 0.2) is 0 Å². The van der Waals surface area contributed by atoms with Crippen molar-refractivity contribution in [2.24, 2.45) is 22.2 Å². The summed E-state index contributed by atoms with van der Waals surface area (Å²) in [5.74, 6) is -3.47. The first kappa shape index (κ1) is 15.4. The third-order valence-electron chi connectivity index (χ3n) is 3.29. The minimum atomic E-state index is -1.07. The van der Waals surface area contributed by atoms with Crippen LogP contribution in [0.4, 0.5) is 0 Å². The number of rotatable bonds is 3. The summed E-state index contributed by atoms with van der Waals surface area (Å²) in [6, 6.07) is 0. The maximum Gasteiger partial charge on any atom is 0.333 e. The van der Waals surface area contributed by atoms with E-state index >= 15 is 0 Å². The van der Waals surface area contributed by atoms with Gasteiger partial charge < -0.3 is 10.2 Å². The van der Waals surface area contributed by atoms with E-state index in [-0.39, 0.29) is 11.0 Å². The van der Waals surface area contributed by atoms with Crippen LogP contribution in [0.1, 0.15) is 41.0 Å². The van der Waals surface area contributed by atoms with E-state index in [2.05, 4.69) is 4.99 Å². The average molecular weight is 267 g/mol. The second kappa shape index (κ2) is 5.15. The van der Waals surface area contributed by atoms with Gasteiger partial charge in [-0.2, -0.15) is 0 Å². The standard InChI is InChI=1S/C14H21NO4/c1-7-10(12(16)17)9(6-14(3,4)5)11(13(18)19)8(2)15-7/h9-10H,6H2,1-5H3,(H,16,17)(H,18,19). The van der Waals surface area contributed by atoms with Crippen molar-refractivity contribution in [1.29, 1.82) is 0 Å². The maximum absolute atomic E-state index is 11.4. The molecule has 0 spiro atoms. The van der Waals surface area contributed by atoms with Gasteiger partial charge in [0.05, 0.1) is 5.57 Å². The van der Waals surface area contributed by atoms with Gasteiger partial charge in [0, 0.05) is 17.3 Å². The van der Waals surface area contributed by atoms with Crippen molar-refractivity contribution in [2.45, 2.75) is 41.0 Å². The molecule has 1 heterocycles. The van der Waals surface area contributed by atoms with E-state index in [1.54, 1.807) is 13.8 Å². The number of carboxylic acids is 2. The zero-order valence-corrected chi connectivity index (χ0v) is 12.0. The number of carboxylic acid groups (broad SMARTS) is 2. The second-order valence-electron chi connectivity index (χ2n) is 6.24. The first-order chi connectivity index (χ1) is 8.54. The molecule has 2 atom stereocenters. The molecule has 1 aliphatic heterocycles. The fourth-order valence-electron chi connectivity index (χ4n) is 2.66. The Balaban J connectivity index is 3.34. The average Bonchev–Trinajstić information content (AvgIpc) is 2.11. The van der Waals surface area contributed by atoms with E-state index in [1.165, 1.54) is 0 Å². The molecule has 0 aromatic carbocycles. The normalized spacial score (nSPS) is 24.2. The Kier molecular flexibility index (Phi) is 4.18. The first-order valence-electron chi connectivity index (χ1n) is 6.26. The van der Waals surface area contributed by atoms with Gasteiger partial charge in [-0.15, -0.1) is 0 Å². The topological polar surface area (TPSA) is 87.0 Å². The Labute approximate surface area is 113 Å². The number of carbonyl (C=O) groups is 2. The van der Waals surface area contributed by atoms with E-state index in [0.717, 1.165) is 0 Å². The highest BCUT2D eigenvalue weighted by molar-refractivity contribution is 6.04. The summed E-state index contributed by atoms with van der Waals surface area (Å²) < 4.78 is 0. The molecule has 2 N–H and O–H groups in total. The smallest absolute Gasteiger partial charge is 0.333 e. The summed E-state index contributed by atoms with van der Waals surface area (Å²) >= 11 is 0. The fourth-order valence-corrected chi connectivity index (χ4v) is 2.66. The summed E-state index contributed by atoms with van der Waals surface area (Å²) in [6.07, 6.45) is 0.496. The van der Waals surface area contributed by atoms with Crippen molar-refractivity contribution in [3.05, 3.63) is 11.3 Å². The van der Waals surface area contributed by atoms with E-state index in [4.69, 9.17) is 0 Å². The fraction of sp³-hybridized carbons (Fsp3) is 0.643. The zero-order valence-electron chi connectivity index (χ0n) is 12.0. The monoisotopic (exact) mass is 267 g/mol. The Hall–Kier alpha value is -1.65. The van der Waals surface area contributed by atoms with E-state index < -0.39 is 23.8 Å². The molecule has 106 valence electrons. The molecule has 1 aliphatic rings. The van der Waals surface area contributed by atoms with Gasteiger partial charge in [-0.1, -0.05) is 20.8 Å². The quantitative estimate of drug-likeness (QED) is 0.822.